The number of rotatable bonds is 11. The average Bonchev–Trinajstić information content (AvgIpc) is 3.64. The van der Waals surface area contributed by atoms with Crippen LogP contribution in [0.5, 0.6) is 0 Å². The van der Waals surface area contributed by atoms with Crippen molar-refractivity contribution in [1.29, 1.82) is 0 Å². The molecule has 2 aromatic rings. The molecule has 0 radical (unpaired) electrons. The van der Waals surface area contributed by atoms with Gasteiger partial charge in [0.05, 0.1) is 23.0 Å². The predicted octanol–water partition coefficient (Wildman–Crippen LogP) is 4.99. The molecule has 1 unspecified atom stereocenters. The van der Waals surface area contributed by atoms with Crippen LogP contribution in [-0.2, 0) is 15.1 Å². The number of allylic oxidation sites excluding steroid dienone is 3. The third-order valence-electron chi connectivity index (χ3n) is 7.57. The number of aromatic nitrogens is 1. The van der Waals surface area contributed by atoms with Crippen LogP contribution < -0.4 is 16.4 Å². The minimum Gasteiger partial charge on any atom is -0.372 e. The molecule has 7 heteroatoms. The number of nitrogens with two attached hydrogens (primary N) is 1. The second kappa shape index (κ2) is 11.5. The smallest absolute Gasteiger partial charge is 0.241 e. The van der Waals surface area contributed by atoms with E-state index >= 15 is 0 Å². The zero-order chi connectivity index (χ0) is 26.5. The molecule has 0 bridgehead atoms. The fourth-order valence-corrected chi connectivity index (χ4v) is 4.92. The molecule has 2 heterocycles. The number of methoxy groups -OCH3 is 1. The lowest BCUT2D eigenvalue weighted by Gasteiger charge is -2.30. The SMILES string of the molecule is C=C(/C=C\C=C/C)[C@]1(OC)CN[C@@H](C(=O)Nc2cc(C(N)(CCC3CC3)c3ccccn3)ccc2F)C1. The third-order valence-corrected chi connectivity index (χ3v) is 7.57. The molecule has 2 aliphatic rings. The molecule has 1 amide bonds. The van der Waals surface area contributed by atoms with Crippen LogP contribution in [0.25, 0.3) is 0 Å². The van der Waals surface area contributed by atoms with E-state index in [1.165, 1.54) is 18.9 Å². The van der Waals surface area contributed by atoms with Gasteiger partial charge in [0.2, 0.25) is 5.91 Å². The van der Waals surface area contributed by atoms with Gasteiger partial charge >= 0.3 is 0 Å². The highest BCUT2D eigenvalue weighted by Crippen LogP contribution is 2.40. The van der Waals surface area contributed by atoms with Gasteiger partial charge in [-0.3, -0.25) is 9.78 Å². The Morgan fingerprint density at radius 3 is 2.84 bits per heavy atom. The summed E-state index contributed by atoms with van der Waals surface area (Å²) in [6.45, 7) is 6.51. The standard InChI is InChI=1S/C30H37FN4O2/c1-4-5-6-9-21(2)29(37-3)19-26(34-20-29)28(36)35-25-18-23(13-14-24(25)31)30(32,16-15-22-11-12-22)27-10-7-8-17-33-27/h4-10,13-14,17-18,22,26,34H,2,11-12,15-16,19-20,32H2,1,3H3,(H,35,36)/b5-4-,9-6-/t26-,29-,30?/m1/s1. The Labute approximate surface area is 218 Å². The highest BCUT2D eigenvalue weighted by atomic mass is 19.1. The van der Waals surface area contributed by atoms with Crippen molar-refractivity contribution >= 4 is 11.6 Å². The van der Waals surface area contributed by atoms with Crippen molar-refractivity contribution in [2.75, 3.05) is 19.0 Å². The molecule has 1 aliphatic carbocycles. The quantitative estimate of drug-likeness (QED) is 0.375. The lowest BCUT2D eigenvalue weighted by molar-refractivity contribution is -0.118. The number of nitrogens with zero attached hydrogens (tertiary/aromatic N) is 1. The number of nitrogens with one attached hydrogen (secondary N) is 2. The van der Waals surface area contributed by atoms with Gasteiger partial charge in [-0.05, 0) is 61.1 Å². The van der Waals surface area contributed by atoms with E-state index in [9.17, 15) is 9.18 Å². The lowest BCUT2D eigenvalue weighted by Crippen LogP contribution is -2.39. The van der Waals surface area contributed by atoms with Crippen molar-refractivity contribution in [3.63, 3.8) is 0 Å². The summed E-state index contributed by atoms with van der Waals surface area (Å²) in [4.78, 5) is 17.7. The first-order valence-corrected chi connectivity index (χ1v) is 12.9. The van der Waals surface area contributed by atoms with E-state index in [0.717, 1.165) is 23.3 Å². The molecule has 1 aromatic carbocycles. The average molecular weight is 505 g/mol. The lowest BCUT2D eigenvalue weighted by atomic mass is 9.82. The van der Waals surface area contributed by atoms with Crippen LogP contribution in [-0.4, -0.2) is 36.2 Å². The van der Waals surface area contributed by atoms with E-state index < -0.39 is 23.0 Å². The van der Waals surface area contributed by atoms with Crippen LogP contribution in [0.4, 0.5) is 10.1 Å². The monoisotopic (exact) mass is 504 g/mol. The van der Waals surface area contributed by atoms with Gasteiger partial charge in [0.15, 0.2) is 0 Å². The van der Waals surface area contributed by atoms with Crippen molar-refractivity contribution < 1.29 is 13.9 Å². The Kier molecular flexibility index (Phi) is 8.37. The van der Waals surface area contributed by atoms with Crippen molar-refractivity contribution in [2.45, 2.75) is 56.2 Å². The van der Waals surface area contributed by atoms with Gasteiger partial charge in [-0.15, -0.1) is 0 Å². The fourth-order valence-electron chi connectivity index (χ4n) is 4.92. The van der Waals surface area contributed by atoms with Gasteiger partial charge in [0.25, 0.3) is 0 Å². The summed E-state index contributed by atoms with van der Waals surface area (Å²) in [6.07, 6.45) is 13.8. The zero-order valence-corrected chi connectivity index (χ0v) is 21.7. The summed E-state index contributed by atoms with van der Waals surface area (Å²) in [5.74, 6) is -0.167. The highest BCUT2D eigenvalue weighted by molar-refractivity contribution is 5.95. The van der Waals surface area contributed by atoms with Crippen molar-refractivity contribution in [3.05, 3.63) is 96.1 Å². The number of pyridine rings is 1. The zero-order valence-electron chi connectivity index (χ0n) is 21.7. The number of hydrogen-bond donors (Lipinski definition) is 3. The number of carbonyl (C=O) groups is 1. The van der Waals surface area contributed by atoms with Crippen LogP contribution >= 0.6 is 0 Å². The maximum Gasteiger partial charge on any atom is 0.241 e. The first kappa shape index (κ1) is 26.9. The van der Waals surface area contributed by atoms with Gasteiger partial charge in [-0.1, -0.05) is 55.9 Å². The number of ether oxygens (including phenoxy) is 1. The Hall–Kier alpha value is -3.13. The number of benzene rings is 1. The van der Waals surface area contributed by atoms with E-state index in [0.29, 0.717) is 25.3 Å². The summed E-state index contributed by atoms with van der Waals surface area (Å²) in [7, 11) is 1.61. The van der Waals surface area contributed by atoms with E-state index in [4.69, 9.17) is 10.5 Å². The Morgan fingerprint density at radius 2 is 2.16 bits per heavy atom. The van der Waals surface area contributed by atoms with Gasteiger partial charge in [-0.25, -0.2) is 4.39 Å². The Morgan fingerprint density at radius 1 is 1.35 bits per heavy atom. The number of hydrogen-bond acceptors (Lipinski definition) is 5. The fraction of sp³-hybridized carbons (Fsp3) is 0.400. The van der Waals surface area contributed by atoms with Crippen molar-refractivity contribution in [1.82, 2.24) is 10.3 Å². The second-order valence-electron chi connectivity index (χ2n) is 10.1. The van der Waals surface area contributed by atoms with Crippen LogP contribution in [0.1, 0.15) is 50.3 Å². The Bertz CT molecular complexity index is 1180. The maximum atomic E-state index is 14.9. The largest absolute Gasteiger partial charge is 0.372 e. The van der Waals surface area contributed by atoms with Crippen LogP contribution in [0.2, 0.25) is 0 Å². The Balaban J connectivity index is 1.53. The number of carbonyl (C=O) groups excluding carboxylic acids is 1. The first-order chi connectivity index (χ1) is 17.8. The number of amides is 1. The van der Waals surface area contributed by atoms with Crippen LogP contribution in [0, 0.1) is 11.7 Å². The van der Waals surface area contributed by atoms with Gasteiger partial charge in [-0.2, -0.15) is 0 Å². The molecule has 3 atom stereocenters. The molecule has 1 saturated carbocycles. The molecule has 1 saturated heterocycles. The molecule has 37 heavy (non-hydrogen) atoms. The van der Waals surface area contributed by atoms with E-state index in [2.05, 4.69) is 22.2 Å². The summed E-state index contributed by atoms with van der Waals surface area (Å²) in [5, 5.41) is 5.99. The van der Waals surface area contributed by atoms with Crippen molar-refractivity contribution in [2.24, 2.45) is 11.7 Å². The molecule has 6 nitrogen and oxygen atoms in total. The van der Waals surface area contributed by atoms with E-state index in [-0.39, 0.29) is 11.6 Å². The number of anilines is 1. The minimum absolute atomic E-state index is 0.100. The summed E-state index contributed by atoms with van der Waals surface area (Å²) >= 11 is 0. The topological polar surface area (TPSA) is 89.3 Å². The molecule has 4 N–H and O–H groups in total. The van der Waals surface area contributed by atoms with Gasteiger partial charge in [0.1, 0.15) is 11.4 Å². The summed E-state index contributed by atoms with van der Waals surface area (Å²) in [6, 6.07) is 9.79. The molecule has 196 valence electrons. The van der Waals surface area contributed by atoms with E-state index in [1.807, 2.05) is 49.4 Å². The second-order valence-corrected chi connectivity index (χ2v) is 10.1. The van der Waals surface area contributed by atoms with Crippen LogP contribution in [0.3, 0.4) is 0 Å². The predicted molar refractivity (Wildman–Crippen MR) is 145 cm³/mol. The van der Waals surface area contributed by atoms with Gasteiger partial charge in [0, 0.05) is 26.3 Å². The normalized spacial score (nSPS) is 23.4. The molecule has 1 aliphatic heterocycles. The highest BCUT2D eigenvalue weighted by Gasteiger charge is 2.43. The first-order valence-electron chi connectivity index (χ1n) is 12.9. The molecule has 2 fully saturated rings. The summed E-state index contributed by atoms with van der Waals surface area (Å²) in [5.41, 5.74) is 7.69. The van der Waals surface area contributed by atoms with Gasteiger partial charge < -0.3 is 21.1 Å². The maximum absolute atomic E-state index is 14.9. The molecule has 4 rings (SSSR count). The number of halogens is 1. The van der Waals surface area contributed by atoms with Crippen molar-refractivity contribution in [3.8, 4) is 0 Å². The molecule has 0 spiro atoms. The molecular formula is C30H37FN4O2. The molecule has 1 aromatic heterocycles. The minimum atomic E-state index is -0.884. The molecular weight excluding hydrogens is 467 g/mol. The summed E-state index contributed by atoms with van der Waals surface area (Å²) < 4.78 is 20.7. The van der Waals surface area contributed by atoms with Crippen LogP contribution in [0.15, 0.2) is 79.1 Å². The third kappa shape index (κ3) is 6.06. The van der Waals surface area contributed by atoms with E-state index in [1.54, 1.807) is 25.4 Å².